The number of primary amides is 1. The smallest absolute Gasteiger partial charge is 0.244 e. The fourth-order valence-corrected chi connectivity index (χ4v) is 12.2. The molecule has 1 saturated carbocycles. The molecule has 0 spiro atoms. The van der Waals surface area contributed by atoms with Crippen molar-refractivity contribution < 1.29 is 43.2 Å². The first-order chi connectivity index (χ1) is 39.0. The van der Waals surface area contributed by atoms with Gasteiger partial charge in [0.1, 0.15) is 48.3 Å². The molecule has 16 N–H and O–H groups in total. The van der Waals surface area contributed by atoms with Crippen LogP contribution in [-0.2, 0) is 62.4 Å². The van der Waals surface area contributed by atoms with E-state index in [1.165, 1.54) is 13.3 Å². The quantitative estimate of drug-likeness (QED) is 0.0271. The van der Waals surface area contributed by atoms with Gasteiger partial charge in [0.2, 0.25) is 53.2 Å². The summed E-state index contributed by atoms with van der Waals surface area (Å²) in [5.41, 5.74) is 13.9. The normalized spacial score (nSPS) is 22.8. The monoisotopic (exact) mass is 1160 g/mol. The highest BCUT2D eigenvalue weighted by Crippen LogP contribution is 2.28. The lowest BCUT2D eigenvalue weighted by atomic mass is 9.84. The van der Waals surface area contributed by atoms with Gasteiger partial charge in [-0.3, -0.25) is 48.6 Å². The minimum Gasteiger partial charge on any atom is -0.370 e. The Labute approximate surface area is 478 Å². The number of aromatic nitrogens is 3. The molecule has 1 aliphatic carbocycles. The average Bonchev–Trinajstić information content (AvgIpc) is 4.12. The number of rotatable bonds is 19. The van der Waals surface area contributed by atoms with Crippen molar-refractivity contribution in [3.05, 3.63) is 90.1 Å². The number of para-hydroxylation sites is 1. The highest BCUT2D eigenvalue weighted by atomic mass is 33.1. The summed E-state index contributed by atoms with van der Waals surface area (Å²) < 4.78 is 0. The van der Waals surface area contributed by atoms with Crippen LogP contribution in [0.1, 0.15) is 101 Å². The molecule has 4 aromatic rings. The van der Waals surface area contributed by atoms with Gasteiger partial charge in [-0.15, -0.1) is 0 Å². The molecule has 26 heteroatoms. The van der Waals surface area contributed by atoms with Gasteiger partial charge in [-0.2, -0.15) is 0 Å². The minimum absolute atomic E-state index is 0.0115. The van der Waals surface area contributed by atoms with Crippen molar-refractivity contribution in [1.29, 1.82) is 5.41 Å². The number of benzene rings is 2. The van der Waals surface area contributed by atoms with E-state index in [4.69, 9.17) is 16.9 Å². The molecule has 2 fully saturated rings. The Bertz CT molecular complexity index is 2780. The topological polar surface area (TPSA) is 382 Å². The number of carbonyl (C=O) groups is 9. The van der Waals surface area contributed by atoms with Gasteiger partial charge in [-0.05, 0) is 48.8 Å². The van der Waals surface area contributed by atoms with Gasteiger partial charge in [0.15, 0.2) is 5.96 Å². The molecule has 2 aromatic heterocycles. The molecular weight excluding hydrogens is 1080 g/mol. The van der Waals surface area contributed by atoms with Crippen LogP contribution < -0.4 is 59.3 Å². The largest absolute Gasteiger partial charge is 0.370 e. The number of nitrogens with one attached hydrogen (secondary N) is 12. The van der Waals surface area contributed by atoms with Crippen LogP contribution in [0.5, 0.6) is 0 Å². The number of amides is 9. The van der Waals surface area contributed by atoms with Gasteiger partial charge in [0.25, 0.3) is 0 Å². The number of fused-ring (bicyclic) bond motifs is 1. The lowest BCUT2D eigenvalue weighted by molar-refractivity contribution is -0.136. The molecule has 81 heavy (non-hydrogen) atoms. The second-order valence-corrected chi connectivity index (χ2v) is 23.1. The molecule has 9 amide bonds. The first-order valence-corrected chi connectivity index (χ1v) is 30.0. The molecule has 2 aliphatic rings. The summed E-state index contributed by atoms with van der Waals surface area (Å²) in [5.74, 6) is -7.18. The van der Waals surface area contributed by atoms with E-state index in [2.05, 4.69) is 62.8 Å². The van der Waals surface area contributed by atoms with E-state index in [-0.39, 0.29) is 74.9 Å². The molecule has 2 aromatic carbocycles. The highest BCUT2D eigenvalue weighted by molar-refractivity contribution is 8.76. The van der Waals surface area contributed by atoms with Gasteiger partial charge >= 0.3 is 0 Å². The zero-order valence-corrected chi connectivity index (χ0v) is 47.4. The van der Waals surface area contributed by atoms with Gasteiger partial charge in [-0.25, -0.2) is 4.98 Å². The Morgan fingerprint density at radius 1 is 0.716 bits per heavy atom. The molecule has 1 saturated heterocycles. The number of guanidine groups is 1. The van der Waals surface area contributed by atoms with Crippen LogP contribution in [0, 0.1) is 11.3 Å². The summed E-state index contributed by atoms with van der Waals surface area (Å²) in [7, 11) is 2.15. The molecule has 24 nitrogen and oxygen atoms in total. The number of nitrogens with zero attached hydrogens (tertiary/aromatic N) is 1. The predicted octanol–water partition coefficient (Wildman–Crippen LogP) is 1.12. The van der Waals surface area contributed by atoms with Crippen LogP contribution in [0.3, 0.4) is 0 Å². The van der Waals surface area contributed by atoms with E-state index >= 15 is 0 Å². The lowest BCUT2D eigenvalue weighted by Gasteiger charge is -2.30. The Morgan fingerprint density at radius 2 is 1.33 bits per heavy atom. The van der Waals surface area contributed by atoms with Crippen molar-refractivity contribution in [3.63, 3.8) is 0 Å². The molecule has 3 heterocycles. The summed E-state index contributed by atoms with van der Waals surface area (Å²) >= 11 is 0. The molecule has 438 valence electrons. The summed E-state index contributed by atoms with van der Waals surface area (Å²) in [6, 6.07) is 5.82. The summed E-state index contributed by atoms with van der Waals surface area (Å²) in [6.07, 6.45) is 10.7. The number of unbranched alkanes of at least 4 members (excludes halogenated alkanes) is 1. The fourth-order valence-electron chi connectivity index (χ4n) is 9.83. The highest BCUT2D eigenvalue weighted by Gasteiger charge is 2.37. The molecule has 1 aliphatic heterocycles. The molecule has 0 bridgehead atoms. The van der Waals surface area contributed by atoms with E-state index in [0.29, 0.717) is 29.7 Å². The first kappa shape index (κ1) is 62.6. The van der Waals surface area contributed by atoms with Crippen molar-refractivity contribution in [2.75, 3.05) is 18.1 Å². The van der Waals surface area contributed by atoms with Crippen LogP contribution in [0.15, 0.2) is 73.3 Å². The molecule has 0 radical (unpaired) electrons. The first-order valence-electron chi connectivity index (χ1n) is 27.6. The third-order valence-corrected chi connectivity index (χ3v) is 16.6. The van der Waals surface area contributed by atoms with Crippen LogP contribution >= 0.6 is 21.6 Å². The zero-order chi connectivity index (χ0) is 58.3. The minimum atomic E-state index is -1.38. The van der Waals surface area contributed by atoms with Crippen molar-refractivity contribution in [2.24, 2.45) is 17.4 Å². The van der Waals surface area contributed by atoms with E-state index in [1.807, 2.05) is 31.2 Å². The maximum atomic E-state index is 14.9. The Balaban J connectivity index is 1.42. The number of hydrogen-bond donors (Lipinski definition) is 14. The van der Waals surface area contributed by atoms with E-state index in [9.17, 15) is 43.2 Å². The van der Waals surface area contributed by atoms with Gasteiger partial charge in [0, 0.05) is 67.5 Å². The predicted molar refractivity (Wildman–Crippen MR) is 310 cm³/mol. The van der Waals surface area contributed by atoms with Crippen LogP contribution in [0.2, 0.25) is 0 Å². The zero-order valence-electron chi connectivity index (χ0n) is 45.7. The van der Waals surface area contributed by atoms with Crippen molar-refractivity contribution in [2.45, 2.75) is 152 Å². The van der Waals surface area contributed by atoms with Gasteiger partial charge in [-0.1, -0.05) is 122 Å². The van der Waals surface area contributed by atoms with Crippen molar-refractivity contribution in [1.82, 2.24) is 62.8 Å². The number of imidazole rings is 1. The van der Waals surface area contributed by atoms with Gasteiger partial charge in [0.05, 0.1) is 12.0 Å². The summed E-state index contributed by atoms with van der Waals surface area (Å²) in [4.78, 5) is 138. The second kappa shape index (κ2) is 32.0. The van der Waals surface area contributed by atoms with E-state index in [0.717, 1.165) is 64.6 Å². The maximum absolute atomic E-state index is 14.9. The van der Waals surface area contributed by atoms with Crippen molar-refractivity contribution >= 4 is 91.6 Å². The molecular formula is C55H77N15O9S2. The average molecular weight is 1160 g/mol. The van der Waals surface area contributed by atoms with Crippen LogP contribution in [-0.4, -0.2) is 140 Å². The molecule has 8 atom stereocenters. The van der Waals surface area contributed by atoms with Gasteiger partial charge < -0.3 is 69.3 Å². The standard InChI is InChI=1S/C55H77N15O9S2/c1-3-4-19-39(63-32(2)71)48(73)70-46-30-81-80-29-45(47(56)72)69-52(77)43(25-35-27-61-38-20-12-11-18-37(35)38)67-49(74)40(21-13-22-60-55(57)58)64-50(75)41(23-33-14-7-5-8-15-33)65-53(78)44(26-36-28-59-31-62-36)68-51(76)42(66-54(46)79)24-34-16-9-6-10-17-34/h5,7-8,11-12,14-15,18,20,27-28,31,34,39-46,61H,3-4,6,9-10,13,16-17,19,21-26,29-30H2,1-2H3,(H2,56,72)(H,59,62)(H,63,71)(H,64,75)(H,65,78)(H,66,79)(H,67,74)(H,68,76)(H,69,77)(H,70,73)(H4,57,58,60)/t39-,40-,41+,42+,43-,44-,45-,46-/m0/s1. The third-order valence-electron chi connectivity index (χ3n) is 14.2. The van der Waals surface area contributed by atoms with Crippen LogP contribution in [0.4, 0.5) is 0 Å². The SMILES string of the molecule is CCCC[C@H](NC(C)=O)C(=O)N[C@H]1CSSC[C@@H](C(N)=O)NC(=O)[C@H](Cc2c[nH]c3ccccc23)NC(=O)[C@H](CCCNC(=N)N)NC(=O)[C@@H](Cc2ccccc2)NC(=O)[C@H](Cc2c[nH]cn2)NC(=O)[C@@H](CC2CCCCC2)NC1=O. The Kier molecular flexibility index (Phi) is 24.7. The number of carbonyl (C=O) groups excluding carboxylic acids is 9. The molecule has 6 rings (SSSR count). The Hall–Kier alpha value is -7.61. The van der Waals surface area contributed by atoms with E-state index in [1.54, 1.807) is 42.7 Å². The summed E-state index contributed by atoms with van der Waals surface area (Å²) in [5, 5.41) is 33.5. The number of hydrogen-bond acceptors (Lipinski definition) is 13. The summed E-state index contributed by atoms with van der Waals surface area (Å²) in [6.45, 7) is 3.35. The maximum Gasteiger partial charge on any atom is 0.244 e. The van der Waals surface area contributed by atoms with Crippen molar-refractivity contribution in [3.8, 4) is 0 Å². The third kappa shape index (κ3) is 20.2. The molecule has 0 unspecified atom stereocenters. The fraction of sp³-hybridized carbons (Fsp3) is 0.509. The lowest BCUT2D eigenvalue weighted by Crippen LogP contribution is -2.61. The van der Waals surface area contributed by atoms with E-state index < -0.39 is 101 Å². The number of nitrogens with two attached hydrogens (primary N) is 2. The second-order valence-electron chi connectivity index (χ2n) is 20.5. The number of H-pyrrole nitrogens is 2. The number of aromatic amines is 2. The Morgan fingerprint density at radius 3 is 2.00 bits per heavy atom. The van der Waals surface area contributed by atoms with Crippen LogP contribution in [0.25, 0.3) is 10.9 Å².